The summed E-state index contributed by atoms with van der Waals surface area (Å²) in [5.41, 5.74) is 1.84. The van der Waals surface area contributed by atoms with E-state index < -0.39 is 6.09 Å². The lowest BCUT2D eigenvalue weighted by atomic mass is 10.2. The Morgan fingerprint density at radius 3 is 2.47 bits per heavy atom. The van der Waals surface area contributed by atoms with Gasteiger partial charge in [0.15, 0.2) is 0 Å². The van der Waals surface area contributed by atoms with Crippen LogP contribution in [0.5, 0.6) is 0 Å². The van der Waals surface area contributed by atoms with Gasteiger partial charge in [0.05, 0.1) is 20.3 Å². The molecule has 4 heteroatoms. The molecular formula is C11H15NO3. The van der Waals surface area contributed by atoms with Crippen LogP contribution in [-0.2, 0) is 4.74 Å². The number of hydrogen-bond acceptors (Lipinski definition) is 3. The second kappa shape index (κ2) is 5.36. The van der Waals surface area contributed by atoms with Gasteiger partial charge in [-0.2, -0.15) is 0 Å². The van der Waals surface area contributed by atoms with Crippen LogP contribution in [0.15, 0.2) is 24.3 Å². The van der Waals surface area contributed by atoms with E-state index in [0.29, 0.717) is 0 Å². The molecule has 1 aromatic rings. The van der Waals surface area contributed by atoms with Crippen LogP contribution in [0, 0.1) is 6.92 Å². The summed E-state index contributed by atoms with van der Waals surface area (Å²) in [4.78, 5) is 12.8. The van der Waals surface area contributed by atoms with Crippen molar-refractivity contribution in [2.75, 3.05) is 25.2 Å². The monoisotopic (exact) mass is 209 g/mol. The number of amides is 1. The Balaban J connectivity index is 2.88. The van der Waals surface area contributed by atoms with E-state index in [-0.39, 0.29) is 13.2 Å². The highest BCUT2D eigenvalue weighted by atomic mass is 16.5. The Labute approximate surface area is 89.1 Å². The number of anilines is 1. The molecular weight excluding hydrogens is 194 g/mol. The van der Waals surface area contributed by atoms with E-state index in [9.17, 15) is 4.79 Å². The molecule has 0 spiro atoms. The fraction of sp³-hybridized carbons (Fsp3) is 0.364. The number of aliphatic hydroxyl groups is 1. The number of rotatable bonds is 3. The molecule has 0 bridgehead atoms. The first-order valence-corrected chi connectivity index (χ1v) is 4.72. The number of carbonyl (C=O) groups excluding carboxylic acids is 1. The van der Waals surface area contributed by atoms with Gasteiger partial charge >= 0.3 is 6.09 Å². The molecule has 1 aromatic carbocycles. The normalized spacial score (nSPS) is 9.80. The van der Waals surface area contributed by atoms with E-state index >= 15 is 0 Å². The first-order chi connectivity index (χ1) is 7.19. The van der Waals surface area contributed by atoms with E-state index in [2.05, 4.69) is 4.74 Å². The highest BCUT2D eigenvalue weighted by Gasteiger charge is 2.14. The molecule has 0 aromatic heterocycles. The maximum Gasteiger partial charge on any atom is 0.414 e. The van der Waals surface area contributed by atoms with Gasteiger partial charge in [0.1, 0.15) is 0 Å². The number of ether oxygens (including phenoxy) is 1. The minimum absolute atomic E-state index is 0.0943. The van der Waals surface area contributed by atoms with Crippen molar-refractivity contribution in [2.24, 2.45) is 0 Å². The summed E-state index contributed by atoms with van der Waals surface area (Å²) < 4.78 is 4.63. The summed E-state index contributed by atoms with van der Waals surface area (Å²) in [6, 6.07) is 7.45. The fourth-order valence-electron chi connectivity index (χ4n) is 1.26. The van der Waals surface area contributed by atoms with Crippen molar-refractivity contribution in [1.82, 2.24) is 0 Å². The van der Waals surface area contributed by atoms with Gasteiger partial charge in [-0.15, -0.1) is 0 Å². The quantitative estimate of drug-likeness (QED) is 0.821. The highest BCUT2D eigenvalue weighted by Crippen LogP contribution is 2.15. The predicted molar refractivity (Wildman–Crippen MR) is 58.0 cm³/mol. The van der Waals surface area contributed by atoms with E-state index in [1.165, 1.54) is 12.0 Å². The summed E-state index contributed by atoms with van der Waals surface area (Å²) in [6.07, 6.45) is -0.465. The van der Waals surface area contributed by atoms with Crippen LogP contribution in [0.4, 0.5) is 10.5 Å². The summed E-state index contributed by atoms with van der Waals surface area (Å²) >= 11 is 0. The van der Waals surface area contributed by atoms with Crippen LogP contribution in [0.3, 0.4) is 0 Å². The molecule has 82 valence electrons. The third kappa shape index (κ3) is 2.95. The van der Waals surface area contributed by atoms with Crippen LogP contribution in [0.2, 0.25) is 0 Å². The standard InChI is InChI=1S/C11H15NO3/c1-9-3-5-10(6-4-9)12(7-8-13)11(14)15-2/h3-6,13H,7-8H2,1-2H3. The van der Waals surface area contributed by atoms with Crippen LogP contribution < -0.4 is 4.90 Å². The lowest BCUT2D eigenvalue weighted by Crippen LogP contribution is -2.33. The van der Waals surface area contributed by atoms with Crippen LogP contribution >= 0.6 is 0 Å². The van der Waals surface area contributed by atoms with Gasteiger partial charge < -0.3 is 9.84 Å². The largest absolute Gasteiger partial charge is 0.452 e. The molecule has 0 unspecified atom stereocenters. The van der Waals surface area contributed by atoms with Crippen LogP contribution in [0.25, 0.3) is 0 Å². The topological polar surface area (TPSA) is 49.8 Å². The lowest BCUT2D eigenvalue weighted by Gasteiger charge is -2.20. The lowest BCUT2D eigenvalue weighted by molar-refractivity contribution is 0.176. The number of benzene rings is 1. The van der Waals surface area contributed by atoms with Gasteiger partial charge in [-0.25, -0.2) is 4.79 Å². The van der Waals surface area contributed by atoms with Gasteiger partial charge in [-0.3, -0.25) is 4.90 Å². The van der Waals surface area contributed by atoms with Gasteiger partial charge in [0, 0.05) is 5.69 Å². The van der Waals surface area contributed by atoms with E-state index in [4.69, 9.17) is 5.11 Å². The number of methoxy groups -OCH3 is 1. The highest BCUT2D eigenvalue weighted by molar-refractivity contribution is 5.87. The first kappa shape index (κ1) is 11.5. The molecule has 15 heavy (non-hydrogen) atoms. The molecule has 0 saturated carbocycles. The zero-order chi connectivity index (χ0) is 11.3. The molecule has 4 nitrogen and oxygen atoms in total. The van der Waals surface area contributed by atoms with Gasteiger partial charge in [0.2, 0.25) is 0 Å². The van der Waals surface area contributed by atoms with Crippen molar-refractivity contribution in [3.63, 3.8) is 0 Å². The Bertz CT molecular complexity index is 321. The van der Waals surface area contributed by atoms with E-state index in [0.717, 1.165) is 11.3 Å². The van der Waals surface area contributed by atoms with Crippen molar-refractivity contribution in [3.05, 3.63) is 29.8 Å². The average Bonchev–Trinajstić information content (AvgIpc) is 2.26. The smallest absolute Gasteiger partial charge is 0.414 e. The second-order valence-corrected chi connectivity index (χ2v) is 3.18. The molecule has 0 aliphatic heterocycles. The van der Waals surface area contributed by atoms with Crippen molar-refractivity contribution in [2.45, 2.75) is 6.92 Å². The Hall–Kier alpha value is -1.55. The Morgan fingerprint density at radius 1 is 1.40 bits per heavy atom. The van der Waals surface area contributed by atoms with Crippen molar-refractivity contribution in [3.8, 4) is 0 Å². The SMILES string of the molecule is COC(=O)N(CCO)c1ccc(C)cc1. The predicted octanol–water partition coefficient (Wildman–Crippen LogP) is 1.56. The molecule has 1 amide bonds. The van der Waals surface area contributed by atoms with Crippen LogP contribution in [-0.4, -0.2) is 31.5 Å². The van der Waals surface area contributed by atoms with Gasteiger partial charge in [-0.1, -0.05) is 17.7 Å². The molecule has 0 fully saturated rings. The maximum absolute atomic E-state index is 11.4. The molecule has 1 N–H and O–H groups in total. The Kier molecular flexibility index (Phi) is 4.12. The zero-order valence-corrected chi connectivity index (χ0v) is 8.93. The number of carbonyl (C=O) groups is 1. The molecule has 0 radical (unpaired) electrons. The van der Waals surface area contributed by atoms with Crippen molar-refractivity contribution < 1.29 is 14.6 Å². The molecule has 1 rings (SSSR count). The van der Waals surface area contributed by atoms with Crippen LogP contribution in [0.1, 0.15) is 5.56 Å². The van der Waals surface area contributed by atoms with E-state index in [1.807, 2.05) is 31.2 Å². The van der Waals surface area contributed by atoms with Gasteiger partial charge in [-0.05, 0) is 19.1 Å². The van der Waals surface area contributed by atoms with Crippen molar-refractivity contribution in [1.29, 1.82) is 0 Å². The summed E-state index contributed by atoms with van der Waals surface area (Å²) in [5, 5.41) is 8.85. The molecule has 0 heterocycles. The molecule has 0 saturated heterocycles. The third-order valence-corrected chi connectivity index (χ3v) is 2.06. The molecule has 0 aliphatic carbocycles. The minimum Gasteiger partial charge on any atom is -0.452 e. The number of nitrogens with zero attached hydrogens (tertiary/aromatic N) is 1. The minimum atomic E-state index is -0.465. The second-order valence-electron chi connectivity index (χ2n) is 3.18. The maximum atomic E-state index is 11.4. The number of aryl methyl sites for hydroxylation is 1. The first-order valence-electron chi connectivity index (χ1n) is 4.72. The van der Waals surface area contributed by atoms with Gasteiger partial charge in [0.25, 0.3) is 0 Å². The summed E-state index contributed by atoms with van der Waals surface area (Å²) in [7, 11) is 1.32. The fourth-order valence-corrected chi connectivity index (χ4v) is 1.26. The third-order valence-electron chi connectivity index (χ3n) is 2.06. The van der Waals surface area contributed by atoms with E-state index in [1.54, 1.807) is 0 Å². The summed E-state index contributed by atoms with van der Waals surface area (Å²) in [6.45, 7) is 2.11. The average molecular weight is 209 g/mol. The van der Waals surface area contributed by atoms with Crippen molar-refractivity contribution >= 4 is 11.8 Å². The zero-order valence-electron chi connectivity index (χ0n) is 8.93. The number of hydrogen-bond donors (Lipinski definition) is 1. The Morgan fingerprint density at radius 2 is 2.00 bits per heavy atom. The molecule has 0 aliphatic rings. The summed E-state index contributed by atoms with van der Waals surface area (Å²) in [5.74, 6) is 0. The number of aliphatic hydroxyl groups excluding tert-OH is 1. The molecule has 0 atom stereocenters.